The second-order valence-electron chi connectivity index (χ2n) is 6.94. The predicted octanol–water partition coefficient (Wildman–Crippen LogP) is 2.21. The van der Waals surface area contributed by atoms with Gasteiger partial charge in [-0.15, -0.1) is 0 Å². The summed E-state index contributed by atoms with van der Waals surface area (Å²) >= 11 is 0. The summed E-state index contributed by atoms with van der Waals surface area (Å²) in [6.45, 7) is 2.13. The summed E-state index contributed by atoms with van der Waals surface area (Å²) in [6.07, 6.45) is 12.4. The molecule has 7 unspecified atom stereocenters. The number of carbonyl (C=O) groups is 1. The van der Waals surface area contributed by atoms with Gasteiger partial charge >= 0.3 is 0 Å². The first-order valence-corrected chi connectivity index (χ1v) is 8.31. The first kappa shape index (κ1) is 14.8. The quantitative estimate of drug-likeness (QED) is 0.849. The van der Waals surface area contributed by atoms with Crippen LogP contribution in [0.15, 0.2) is 47.9 Å². The minimum Gasteiger partial charge on any atom is -0.498 e. The second kappa shape index (κ2) is 5.38. The SMILES string of the molecule is COC1=CC(=O)C2C(C)C=C3NC4C=CC=CC4C3C2C1OC. The van der Waals surface area contributed by atoms with Crippen LogP contribution in [0.2, 0.25) is 0 Å². The van der Waals surface area contributed by atoms with E-state index in [4.69, 9.17) is 9.47 Å². The highest BCUT2D eigenvalue weighted by molar-refractivity contribution is 5.94. The number of nitrogens with one attached hydrogen (secondary N) is 1. The highest BCUT2D eigenvalue weighted by atomic mass is 16.5. The number of hydrogen-bond donors (Lipinski definition) is 1. The average Bonchev–Trinajstić information content (AvgIpc) is 2.91. The summed E-state index contributed by atoms with van der Waals surface area (Å²) in [7, 11) is 3.33. The molecule has 4 nitrogen and oxygen atoms in total. The van der Waals surface area contributed by atoms with E-state index in [0.29, 0.717) is 17.7 Å². The molecule has 7 atom stereocenters. The zero-order valence-electron chi connectivity index (χ0n) is 13.7. The molecule has 0 aromatic carbocycles. The van der Waals surface area contributed by atoms with Crippen LogP contribution in [0.4, 0.5) is 0 Å². The third-order valence-corrected chi connectivity index (χ3v) is 5.86. The molecule has 0 aromatic heterocycles. The molecule has 0 saturated carbocycles. The number of rotatable bonds is 2. The largest absolute Gasteiger partial charge is 0.498 e. The van der Waals surface area contributed by atoms with Gasteiger partial charge < -0.3 is 14.8 Å². The Balaban J connectivity index is 1.81. The molecule has 4 rings (SSSR count). The van der Waals surface area contributed by atoms with Crippen LogP contribution in [0.1, 0.15) is 6.92 Å². The van der Waals surface area contributed by atoms with Crippen molar-refractivity contribution in [1.82, 2.24) is 5.32 Å². The topological polar surface area (TPSA) is 47.6 Å². The van der Waals surface area contributed by atoms with Crippen LogP contribution in [-0.4, -0.2) is 32.1 Å². The zero-order chi connectivity index (χ0) is 16.1. The van der Waals surface area contributed by atoms with E-state index in [0.717, 1.165) is 0 Å². The van der Waals surface area contributed by atoms with Gasteiger partial charge in [0.25, 0.3) is 0 Å². The lowest BCUT2D eigenvalue weighted by Crippen LogP contribution is -2.49. The highest BCUT2D eigenvalue weighted by Crippen LogP contribution is 2.51. The first-order valence-electron chi connectivity index (χ1n) is 8.31. The lowest BCUT2D eigenvalue weighted by Gasteiger charge is -2.45. The lowest BCUT2D eigenvalue weighted by molar-refractivity contribution is -0.128. The molecule has 122 valence electrons. The Bertz CT molecular complexity index is 645. The van der Waals surface area contributed by atoms with Crippen molar-refractivity contribution in [2.75, 3.05) is 14.2 Å². The van der Waals surface area contributed by atoms with E-state index in [-0.39, 0.29) is 35.6 Å². The number of allylic oxidation sites excluding steroid dienone is 5. The fraction of sp³-hybridized carbons (Fsp3) is 0.526. The smallest absolute Gasteiger partial charge is 0.163 e. The van der Waals surface area contributed by atoms with Crippen molar-refractivity contribution in [2.24, 2.45) is 29.6 Å². The standard InChI is InChI=1S/C19H23NO3/c1-10-8-13-17(11-6-4-5-7-12(11)20-13)18-16(10)14(21)9-15(22-2)19(18)23-3/h4-12,16-20H,1-3H3. The number of ether oxygens (including phenoxy) is 2. The number of ketones is 1. The molecule has 1 fully saturated rings. The van der Waals surface area contributed by atoms with Gasteiger partial charge in [0.1, 0.15) is 11.9 Å². The molecule has 23 heavy (non-hydrogen) atoms. The van der Waals surface area contributed by atoms with E-state index < -0.39 is 0 Å². The van der Waals surface area contributed by atoms with Crippen LogP contribution in [-0.2, 0) is 14.3 Å². The van der Waals surface area contributed by atoms with Crippen molar-refractivity contribution < 1.29 is 14.3 Å². The monoisotopic (exact) mass is 313 g/mol. The van der Waals surface area contributed by atoms with E-state index in [1.54, 1.807) is 20.3 Å². The van der Waals surface area contributed by atoms with Gasteiger partial charge in [-0.2, -0.15) is 0 Å². The summed E-state index contributed by atoms with van der Waals surface area (Å²) < 4.78 is 11.3. The van der Waals surface area contributed by atoms with Gasteiger partial charge in [-0.3, -0.25) is 4.79 Å². The Morgan fingerprint density at radius 3 is 2.65 bits per heavy atom. The van der Waals surface area contributed by atoms with Gasteiger partial charge in [0, 0.05) is 42.6 Å². The Kier molecular flexibility index (Phi) is 3.45. The molecule has 1 saturated heterocycles. The van der Waals surface area contributed by atoms with Crippen molar-refractivity contribution in [1.29, 1.82) is 0 Å². The number of hydrogen-bond acceptors (Lipinski definition) is 4. The maximum atomic E-state index is 12.7. The van der Waals surface area contributed by atoms with E-state index in [1.807, 2.05) is 0 Å². The van der Waals surface area contributed by atoms with Crippen molar-refractivity contribution in [2.45, 2.75) is 19.1 Å². The molecule has 1 aliphatic heterocycles. The Hall–Kier alpha value is -1.81. The molecule has 1 heterocycles. The van der Waals surface area contributed by atoms with Crippen LogP contribution < -0.4 is 5.32 Å². The minimum atomic E-state index is -0.168. The van der Waals surface area contributed by atoms with Crippen LogP contribution in [0.3, 0.4) is 0 Å². The zero-order valence-corrected chi connectivity index (χ0v) is 13.7. The molecule has 0 aromatic rings. The maximum absolute atomic E-state index is 12.7. The Labute approximate surface area is 136 Å². The normalized spacial score (nSPS) is 43.8. The highest BCUT2D eigenvalue weighted by Gasteiger charge is 2.55. The molecule has 3 aliphatic carbocycles. The van der Waals surface area contributed by atoms with E-state index >= 15 is 0 Å². The fourth-order valence-electron chi connectivity index (χ4n) is 4.97. The van der Waals surface area contributed by atoms with E-state index in [2.05, 4.69) is 42.6 Å². The third-order valence-electron chi connectivity index (χ3n) is 5.86. The predicted molar refractivity (Wildman–Crippen MR) is 87.3 cm³/mol. The van der Waals surface area contributed by atoms with Crippen LogP contribution >= 0.6 is 0 Å². The van der Waals surface area contributed by atoms with Crippen molar-refractivity contribution >= 4 is 5.78 Å². The van der Waals surface area contributed by atoms with Crippen LogP contribution in [0.25, 0.3) is 0 Å². The number of fused-ring (bicyclic) bond motifs is 5. The van der Waals surface area contributed by atoms with Gasteiger partial charge in [-0.1, -0.05) is 37.3 Å². The maximum Gasteiger partial charge on any atom is 0.163 e. The van der Waals surface area contributed by atoms with Gasteiger partial charge in [0.05, 0.1) is 13.2 Å². The number of carbonyl (C=O) groups excluding carboxylic acids is 1. The molecule has 1 N–H and O–H groups in total. The lowest BCUT2D eigenvalue weighted by atomic mass is 9.60. The molecular weight excluding hydrogens is 290 g/mol. The summed E-state index contributed by atoms with van der Waals surface area (Å²) in [5.74, 6) is 1.75. The van der Waals surface area contributed by atoms with Crippen molar-refractivity contribution in [3.8, 4) is 0 Å². The molecule has 0 spiro atoms. The molecular formula is C19H23NO3. The number of methoxy groups -OCH3 is 2. The van der Waals surface area contributed by atoms with Gasteiger partial charge in [-0.05, 0) is 5.92 Å². The minimum absolute atomic E-state index is 0.0348. The molecule has 0 bridgehead atoms. The van der Waals surface area contributed by atoms with Crippen molar-refractivity contribution in [3.05, 3.63) is 47.9 Å². The summed E-state index contributed by atoms with van der Waals surface area (Å²) in [5, 5.41) is 3.65. The molecule has 4 heteroatoms. The summed E-state index contributed by atoms with van der Waals surface area (Å²) in [4.78, 5) is 12.7. The van der Waals surface area contributed by atoms with Gasteiger partial charge in [0.2, 0.25) is 0 Å². The van der Waals surface area contributed by atoms with Crippen LogP contribution in [0.5, 0.6) is 0 Å². The summed E-state index contributed by atoms with van der Waals surface area (Å²) in [5.41, 5.74) is 1.26. The Morgan fingerprint density at radius 2 is 1.91 bits per heavy atom. The molecule has 0 radical (unpaired) electrons. The first-order chi connectivity index (χ1) is 11.2. The van der Waals surface area contributed by atoms with E-state index in [9.17, 15) is 4.79 Å². The van der Waals surface area contributed by atoms with Gasteiger partial charge in [-0.25, -0.2) is 0 Å². The third kappa shape index (κ3) is 2.04. The summed E-state index contributed by atoms with van der Waals surface area (Å²) in [6, 6.07) is 0.312. The van der Waals surface area contributed by atoms with E-state index in [1.165, 1.54) is 5.70 Å². The average molecular weight is 313 g/mol. The Morgan fingerprint density at radius 1 is 1.13 bits per heavy atom. The fourth-order valence-corrected chi connectivity index (χ4v) is 4.97. The van der Waals surface area contributed by atoms with Gasteiger partial charge in [0.15, 0.2) is 5.78 Å². The molecule has 0 amide bonds. The molecule has 4 aliphatic rings. The van der Waals surface area contributed by atoms with Crippen LogP contribution in [0, 0.1) is 29.6 Å². The van der Waals surface area contributed by atoms with Crippen molar-refractivity contribution in [3.63, 3.8) is 0 Å². The second-order valence-corrected chi connectivity index (χ2v) is 6.94.